The molecular formula is C30H24ClF3N2O4S2. The fourth-order valence-corrected chi connectivity index (χ4v) is 7.25. The molecule has 5 rings (SSSR count). The Balaban J connectivity index is 1.63. The van der Waals surface area contributed by atoms with Crippen LogP contribution in [-0.2, 0) is 15.6 Å². The van der Waals surface area contributed by atoms with Gasteiger partial charge in [0.2, 0.25) is 10.0 Å². The molecule has 3 aromatic carbocycles. The molecule has 2 aromatic heterocycles. The van der Waals surface area contributed by atoms with Crippen molar-refractivity contribution >= 4 is 43.0 Å². The summed E-state index contributed by atoms with van der Waals surface area (Å²) >= 11 is 7.80. The number of aliphatic hydroxyl groups is 1. The highest BCUT2D eigenvalue weighted by molar-refractivity contribution is 7.89. The highest BCUT2D eigenvalue weighted by Crippen LogP contribution is 2.42. The molecule has 6 nitrogen and oxygen atoms in total. The van der Waals surface area contributed by atoms with Gasteiger partial charge in [0.25, 0.3) is 0 Å². The number of rotatable bonds is 8. The molecule has 0 aliphatic carbocycles. The molecule has 12 heteroatoms. The van der Waals surface area contributed by atoms with Crippen LogP contribution in [0.2, 0.25) is 5.02 Å². The second-order valence-electron chi connectivity index (χ2n) is 9.63. The summed E-state index contributed by atoms with van der Waals surface area (Å²) in [5.74, 6) is 0.373. The van der Waals surface area contributed by atoms with Crippen LogP contribution in [0.25, 0.3) is 21.3 Å². The molecule has 2 N–H and O–H groups in total. The molecule has 42 heavy (non-hydrogen) atoms. The van der Waals surface area contributed by atoms with E-state index in [2.05, 4.69) is 9.71 Å². The lowest BCUT2D eigenvalue weighted by Crippen LogP contribution is -2.39. The first-order valence-electron chi connectivity index (χ1n) is 12.5. The van der Waals surface area contributed by atoms with Crippen LogP contribution in [0.15, 0.2) is 96.0 Å². The number of methoxy groups -OCH3 is 1. The summed E-state index contributed by atoms with van der Waals surface area (Å²) in [5.41, 5.74) is -2.17. The van der Waals surface area contributed by atoms with Crippen molar-refractivity contribution in [1.82, 2.24) is 9.71 Å². The average molecular weight is 633 g/mol. The summed E-state index contributed by atoms with van der Waals surface area (Å²) in [6.45, 7) is 0.693. The van der Waals surface area contributed by atoms with E-state index in [4.69, 9.17) is 16.3 Å². The average Bonchev–Trinajstić information content (AvgIpc) is 3.40. The Morgan fingerprint density at radius 1 is 1.00 bits per heavy atom. The molecule has 0 spiro atoms. The third kappa shape index (κ3) is 5.75. The normalized spacial score (nSPS) is 14.5. The Labute approximate surface area is 249 Å². The van der Waals surface area contributed by atoms with Crippen LogP contribution in [-0.4, -0.2) is 31.8 Å². The first-order valence-corrected chi connectivity index (χ1v) is 15.2. The van der Waals surface area contributed by atoms with E-state index in [1.54, 1.807) is 54.6 Å². The summed E-state index contributed by atoms with van der Waals surface area (Å²) in [7, 11) is -2.63. The van der Waals surface area contributed by atoms with E-state index in [9.17, 15) is 26.7 Å². The number of nitrogens with zero attached hydrogens (tertiary/aromatic N) is 1. The van der Waals surface area contributed by atoms with Gasteiger partial charge in [0.05, 0.1) is 23.7 Å². The molecule has 2 heterocycles. The molecule has 5 aromatic rings. The molecule has 0 saturated heterocycles. The smallest absolute Gasteiger partial charge is 0.421 e. The van der Waals surface area contributed by atoms with Gasteiger partial charge in [-0.2, -0.15) is 17.9 Å². The summed E-state index contributed by atoms with van der Waals surface area (Å²) in [4.78, 5) is 4.87. The molecule has 0 saturated carbocycles. The molecule has 1 unspecified atom stereocenters. The van der Waals surface area contributed by atoms with Gasteiger partial charge in [0.15, 0.2) is 5.60 Å². The molecule has 218 valence electrons. The summed E-state index contributed by atoms with van der Waals surface area (Å²) < 4.78 is 76.4. The monoisotopic (exact) mass is 632 g/mol. The Hall–Kier alpha value is -3.48. The summed E-state index contributed by atoms with van der Waals surface area (Å²) in [6, 6.07) is 21.4. The predicted octanol–water partition coefficient (Wildman–Crippen LogP) is 7.46. The van der Waals surface area contributed by atoms with Gasteiger partial charge < -0.3 is 9.84 Å². The molecule has 0 aliphatic heterocycles. The molecule has 2 atom stereocenters. The summed E-state index contributed by atoms with van der Waals surface area (Å²) in [5, 5.41) is 11.3. The molecular weight excluding hydrogens is 609 g/mol. The number of pyridine rings is 1. The van der Waals surface area contributed by atoms with Gasteiger partial charge >= 0.3 is 6.18 Å². The first-order chi connectivity index (χ1) is 19.8. The Bertz CT molecular complexity index is 1870. The number of thiophene rings is 1. The van der Waals surface area contributed by atoms with Crippen molar-refractivity contribution in [2.45, 2.75) is 29.6 Å². The number of halogens is 4. The number of ether oxygens (including phenoxy) is 1. The number of alkyl halides is 3. The third-order valence-electron chi connectivity index (χ3n) is 6.84. The van der Waals surface area contributed by atoms with E-state index in [0.717, 1.165) is 11.5 Å². The van der Waals surface area contributed by atoms with Crippen molar-refractivity contribution in [3.05, 3.63) is 112 Å². The maximum Gasteiger partial charge on any atom is 0.421 e. The van der Waals surface area contributed by atoms with E-state index in [0.29, 0.717) is 38.4 Å². The Morgan fingerprint density at radius 3 is 2.45 bits per heavy atom. The maximum atomic E-state index is 13.6. The number of nitrogens with one attached hydrogen (secondary N) is 1. The second kappa shape index (κ2) is 11.3. The third-order valence-corrected chi connectivity index (χ3v) is 9.85. The highest BCUT2D eigenvalue weighted by Gasteiger charge is 2.51. The van der Waals surface area contributed by atoms with Crippen LogP contribution >= 0.6 is 22.9 Å². The number of benzene rings is 3. The van der Waals surface area contributed by atoms with Crippen molar-refractivity contribution in [3.8, 4) is 17.0 Å². The van der Waals surface area contributed by atoms with E-state index < -0.39 is 27.8 Å². The number of fused-ring (bicyclic) bond motifs is 1. The number of aromatic nitrogens is 1. The molecule has 0 amide bonds. The summed E-state index contributed by atoms with van der Waals surface area (Å²) in [6.07, 6.45) is -3.68. The van der Waals surface area contributed by atoms with Crippen LogP contribution < -0.4 is 9.46 Å². The first kappa shape index (κ1) is 30.0. The lowest BCUT2D eigenvalue weighted by atomic mass is 9.94. The highest BCUT2D eigenvalue weighted by atomic mass is 35.5. The minimum Gasteiger partial charge on any atom is -0.497 e. The molecule has 0 aliphatic rings. The van der Waals surface area contributed by atoms with Gasteiger partial charge in [-0.25, -0.2) is 8.42 Å². The second-order valence-corrected chi connectivity index (χ2v) is 12.8. The number of sulfonamides is 1. The number of hydrogen-bond donors (Lipinski definition) is 2. The van der Waals surface area contributed by atoms with Crippen molar-refractivity contribution < 1.29 is 31.4 Å². The van der Waals surface area contributed by atoms with Crippen LogP contribution in [0, 0.1) is 0 Å². The molecule has 0 radical (unpaired) electrons. The zero-order valence-electron chi connectivity index (χ0n) is 22.2. The van der Waals surface area contributed by atoms with E-state index in [1.807, 2.05) is 6.07 Å². The van der Waals surface area contributed by atoms with Crippen LogP contribution in [0.3, 0.4) is 0 Å². The fraction of sp³-hybridized carbons (Fsp3) is 0.167. The van der Waals surface area contributed by atoms with Gasteiger partial charge in [0, 0.05) is 32.4 Å². The predicted molar refractivity (Wildman–Crippen MR) is 157 cm³/mol. The minimum absolute atomic E-state index is 0.00145. The van der Waals surface area contributed by atoms with Gasteiger partial charge in [0.1, 0.15) is 5.75 Å². The minimum atomic E-state index is -4.89. The van der Waals surface area contributed by atoms with Gasteiger partial charge in [-0.05, 0) is 59.8 Å². The van der Waals surface area contributed by atoms with Crippen LogP contribution in [0.5, 0.6) is 5.75 Å². The largest absolute Gasteiger partial charge is 0.497 e. The maximum absolute atomic E-state index is 13.6. The quantitative estimate of drug-likeness (QED) is 0.185. The van der Waals surface area contributed by atoms with E-state index in [1.165, 1.54) is 42.8 Å². The Morgan fingerprint density at radius 2 is 1.74 bits per heavy atom. The fourth-order valence-electron chi connectivity index (χ4n) is 4.45. The van der Waals surface area contributed by atoms with Gasteiger partial charge in [-0.1, -0.05) is 54.1 Å². The van der Waals surface area contributed by atoms with Gasteiger partial charge in [-0.15, -0.1) is 11.3 Å². The van der Waals surface area contributed by atoms with Crippen molar-refractivity contribution in [2.75, 3.05) is 7.11 Å². The SMILES string of the molecule is COc1cccc(S(=O)(=O)NC(c2cc3cccc(-c4cc([C@](C)(O)C(F)(F)F)ccn4)c3s2)c2ccccc2Cl)c1. The van der Waals surface area contributed by atoms with E-state index in [-0.39, 0.29) is 16.2 Å². The molecule has 0 bridgehead atoms. The van der Waals surface area contributed by atoms with Crippen molar-refractivity contribution in [3.63, 3.8) is 0 Å². The lowest BCUT2D eigenvalue weighted by Gasteiger charge is -2.26. The van der Waals surface area contributed by atoms with Crippen molar-refractivity contribution in [1.29, 1.82) is 0 Å². The number of hydrogen-bond acceptors (Lipinski definition) is 6. The standard InChI is InChI=1S/C30H24ClF3N2O4S2/c1-29(37,30(32,33)34)19-13-14-35-25(16-19)23-11-5-7-18-15-26(41-28(18)23)27(22-10-3-4-12-24(22)31)36-42(38,39)21-9-6-8-20(17-21)40-2/h3-17,27,36-37H,1-2H3/t27?,29-/m0/s1. The van der Waals surface area contributed by atoms with Crippen molar-refractivity contribution in [2.24, 2.45) is 0 Å². The Kier molecular flexibility index (Phi) is 8.08. The van der Waals surface area contributed by atoms with Crippen LogP contribution in [0.1, 0.15) is 29.0 Å². The van der Waals surface area contributed by atoms with E-state index >= 15 is 0 Å². The zero-order chi connectivity index (χ0) is 30.3. The lowest BCUT2D eigenvalue weighted by molar-refractivity contribution is -0.258. The zero-order valence-corrected chi connectivity index (χ0v) is 24.6. The van der Waals surface area contributed by atoms with Crippen LogP contribution in [0.4, 0.5) is 13.2 Å². The molecule has 0 fully saturated rings. The van der Waals surface area contributed by atoms with Gasteiger partial charge in [-0.3, -0.25) is 4.98 Å². The topological polar surface area (TPSA) is 88.5 Å².